The number of carbonyl (C=O) groups is 2. The lowest BCUT2D eigenvalue weighted by atomic mass is 10.2. The Morgan fingerprint density at radius 2 is 1.88 bits per heavy atom. The molecule has 0 bridgehead atoms. The summed E-state index contributed by atoms with van der Waals surface area (Å²) >= 11 is 7.52. The van der Waals surface area contributed by atoms with Gasteiger partial charge in [-0.2, -0.15) is 0 Å². The summed E-state index contributed by atoms with van der Waals surface area (Å²) in [6.07, 6.45) is 1.53. The van der Waals surface area contributed by atoms with Gasteiger partial charge in [-0.3, -0.25) is 13.9 Å². The number of anilines is 1. The number of halogens is 1. The van der Waals surface area contributed by atoms with Crippen LogP contribution in [-0.4, -0.2) is 27.2 Å². The number of rotatable bonds is 9. The maximum absolute atomic E-state index is 13.5. The Hall–Kier alpha value is -2.68. The van der Waals surface area contributed by atoms with Crippen LogP contribution in [-0.2, 0) is 27.8 Å². The third-order valence-electron chi connectivity index (χ3n) is 4.99. The lowest BCUT2D eigenvalue weighted by molar-refractivity contribution is -0.119. The van der Waals surface area contributed by atoms with Gasteiger partial charge in [0.05, 0.1) is 15.5 Å². The summed E-state index contributed by atoms with van der Waals surface area (Å²) in [5.41, 5.74) is 2.68. The van der Waals surface area contributed by atoms with Crippen LogP contribution >= 0.6 is 22.9 Å². The number of sulfonamides is 1. The molecule has 3 aromatic rings. The average Bonchev–Trinajstić information content (AvgIpc) is 3.26. The van der Waals surface area contributed by atoms with Crippen LogP contribution < -0.4 is 9.62 Å². The van der Waals surface area contributed by atoms with Crippen LogP contribution in [0.2, 0.25) is 5.02 Å². The second-order valence-corrected chi connectivity index (χ2v) is 10.4. The molecule has 0 aliphatic heterocycles. The van der Waals surface area contributed by atoms with Gasteiger partial charge in [0.2, 0.25) is 5.91 Å². The predicted octanol–water partition coefficient (Wildman–Crippen LogP) is 4.60. The molecule has 0 aliphatic carbocycles. The maximum Gasteiger partial charge on any atom is 0.264 e. The van der Waals surface area contributed by atoms with Crippen LogP contribution in [0.5, 0.6) is 0 Å². The Labute approximate surface area is 196 Å². The van der Waals surface area contributed by atoms with E-state index in [1.807, 2.05) is 6.92 Å². The lowest BCUT2D eigenvalue weighted by Crippen LogP contribution is -2.41. The van der Waals surface area contributed by atoms with E-state index < -0.39 is 22.5 Å². The average molecular weight is 491 g/mol. The molecule has 0 aliphatic rings. The van der Waals surface area contributed by atoms with E-state index in [2.05, 4.69) is 5.32 Å². The topological polar surface area (TPSA) is 83.6 Å². The monoisotopic (exact) mass is 490 g/mol. The van der Waals surface area contributed by atoms with Crippen LogP contribution in [0, 0.1) is 6.92 Å². The van der Waals surface area contributed by atoms with Gasteiger partial charge in [-0.1, -0.05) is 36.7 Å². The summed E-state index contributed by atoms with van der Waals surface area (Å²) in [6.45, 7) is 3.48. The minimum atomic E-state index is -4.03. The van der Waals surface area contributed by atoms with Crippen molar-refractivity contribution < 1.29 is 18.0 Å². The molecule has 1 aromatic heterocycles. The standard InChI is InChI=1S/C23H23ClN2O4S2/c1-3-17-7-9-20(10-8-17)32(29,30)26(22-6-4-5-21(24)16(22)2)13-23(28)25-12-18-11-19(14-27)31-15-18/h4-11,14-15H,3,12-13H2,1-2H3,(H,25,28). The number of benzene rings is 2. The Morgan fingerprint density at radius 3 is 2.50 bits per heavy atom. The Bertz CT molecular complexity index is 1220. The fraction of sp³-hybridized carbons (Fsp3) is 0.217. The van der Waals surface area contributed by atoms with E-state index >= 15 is 0 Å². The molecule has 0 radical (unpaired) electrons. The second-order valence-electron chi connectivity index (χ2n) is 7.15. The third kappa shape index (κ3) is 5.38. The number of hydrogen-bond acceptors (Lipinski definition) is 5. The molecule has 0 saturated carbocycles. The van der Waals surface area contributed by atoms with Gasteiger partial charge in [-0.05, 0) is 65.7 Å². The lowest BCUT2D eigenvalue weighted by Gasteiger charge is -2.26. The van der Waals surface area contributed by atoms with Gasteiger partial charge in [0, 0.05) is 11.6 Å². The Kier molecular flexibility index (Phi) is 7.71. The minimum absolute atomic E-state index is 0.0929. The Balaban J connectivity index is 1.90. The molecule has 1 amide bonds. The summed E-state index contributed by atoms with van der Waals surface area (Å²) in [5, 5.41) is 4.90. The Morgan fingerprint density at radius 1 is 1.16 bits per heavy atom. The van der Waals surface area contributed by atoms with Crippen molar-refractivity contribution in [2.24, 2.45) is 0 Å². The van der Waals surface area contributed by atoms with Gasteiger partial charge in [0.1, 0.15) is 6.54 Å². The van der Waals surface area contributed by atoms with Crippen molar-refractivity contribution in [2.75, 3.05) is 10.8 Å². The molecule has 0 atom stereocenters. The molecule has 32 heavy (non-hydrogen) atoms. The summed E-state index contributed by atoms with van der Waals surface area (Å²) < 4.78 is 28.1. The van der Waals surface area contributed by atoms with E-state index in [1.165, 1.54) is 11.3 Å². The first-order chi connectivity index (χ1) is 15.3. The van der Waals surface area contributed by atoms with Crippen molar-refractivity contribution in [3.05, 3.63) is 80.5 Å². The largest absolute Gasteiger partial charge is 0.350 e. The third-order valence-corrected chi connectivity index (χ3v) is 8.08. The fourth-order valence-electron chi connectivity index (χ4n) is 3.13. The summed E-state index contributed by atoms with van der Waals surface area (Å²) in [5.74, 6) is -0.475. The van der Waals surface area contributed by atoms with Crippen LogP contribution in [0.15, 0.2) is 58.8 Å². The number of thiophene rings is 1. The highest BCUT2D eigenvalue weighted by molar-refractivity contribution is 7.92. The van der Waals surface area contributed by atoms with E-state index in [1.54, 1.807) is 60.8 Å². The second kappa shape index (κ2) is 10.3. The normalized spacial score (nSPS) is 11.2. The molecule has 0 fully saturated rings. The number of nitrogens with one attached hydrogen (secondary N) is 1. The van der Waals surface area contributed by atoms with Crippen molar-refractivity contribution >= 4 is 50.8 Å². The smallest absolute Gasteiger partial charge is 0.264 e. The first-order valence-corrected chi connectivity index (χ1v) is 12.6. The number of aryl methyl sites for hydroxylation is 1. The molecule has 0 saturated heterocycles. The molecule has 6 nitrogen and oxygen atoms in total. The van der Waals surface area contributed by atoms with E-state index in [0.717, 1.165) is 28.1 Å². The molecule has 2 aromatic carbocycles. The first kappa shape index (κ1) is 24.0. The van der Waals surface area contributed by atoms with Gasteiger partial charge in [0.25, 0.3) is 10.0 Å². The van der Waals surface area contributed by atoms with Gasteiger partial charge < -0.3 is 5.32 Å². The summed E-state index contributed by atoms with van der Waals surface area (Å²) in [7, 11) is -4.03. The highest BCUT2D eigenvalue weighted by Crippen LogP contribution is 2.31. The molecule has 0 spiro atoms. The first-order valence-electron chi connectivity index (χ1n) is 9.92. The van der Waals surface area contributed by atoms with Crippen molar-refractivity contribution in [2.45, 2.75) is 31.7 Å². The van der Waals surface area contributed by atoms with Crippen molar-refractivity contribution in [1.82, 2.24) is 5.32 Å². The van der Waals surface area contributed by atoms with Gasteiger partial charge >= 0.3 is 0 Å². The van der Waals surface area contributed by atoms with Crippen molar-refractivity contribution in [3.8, 4) is 0 Å². The molecular formula is C23H23ClN2O4S2. The highest BCUT2D eigenvalue weighted by atomic mass is 35.5. The van der Waals surface area contributed by atoms with E-state index in [4.69, 9.17) is 11.6 Å². The molecular weight excluding hydrogens is 468 g/mol. The quantitative estimate of drug-likeness (QED) is 0.444. The minimum Gasteiger partial charge on any atom is -0.350 e. The highest BCUT2D eigenvalue weighted by Gasteiger charge is 2.28. The van der Waals surface area contributed by atoms with Crippen LogP contribution in [0.1, 0.15) is 33.3 Å². The summed E-state index contributed by atoms with van der Waals surface area (Å²) in [4.78, 5) is 24.2. The van der Waals surface area contributed by atoms with Crippen LogP contribution in [0.25, 0.3) is 0 Å². The fourth-order valence-corrected chi connectivity index (χ4v) is 5.49. The molecule has 1 N–H and O–H groups in total. The zero-order valence-electron chi connectivity index (χ0n) is 17.7. The molecule has 9 heteroatoms. The molecule has 168 valence electrons. The molecule has 3 rings (SSSR count). The van der Waals surface area contributed by atoms with Crippen LogP contribution in [0.3, 0.4) is 0 Å². The van der Waals surface area contributed by atoms with Crippen LogP contribution in [0.4, 0.5) is 5.69 Å². The SMILES string of the molecule is CCc1ccc(S(=O)(=O)N(CC(=O)NCc2csc(C=O)c2)c2cccc(Cl)c2C)cc1. The molecule has 0 unspecified atom stereocenters. The van der Waals surface area contributed by atoms with Gasteiger partial charge in [-0.15, -0.1) is 11.3 Å². The molecule has 1 heterocycles. The van der Waals surface area contributed by atoms with Gasteiger partial charge in [-0.25, -0.2) is 8.42 Å². The van der Waals surface area contributed by atoms with Crippen molar-refractivity contribution in [3.63, 3.8) is 0 Å². The number of carbonyl (C=O) groups excluding carboxylic acids is 2. The van der Waals surface area contributed by atoms with E-state index in [9.17, 15) is 18.0 Å². The van der Waals surface area contributed by atoms with Gasteiger partial charge in [0.15, 0.2) is 6.29 Å². The zero-order valence-corrected chi connectivity index (χ0v) is 20.1. The summed E-state index contributed by atoms with van der Waals surface area (Å²) in [6, 6.07) is 13.2. The van der Waals surface area contributed by atoms with Crippen molar-refractivity contribution in [1.29, 1.82) is 0 Å². The number of nitrogens with zero attached hydrogens (tertiary/aromatic N) is 1. The number of hydrogen-bond donors (Lipinski definition) is 1. The zero-order chi connectivity index (χ0) is 23.3. The van der Waals surface area contributed by atoms with E-state index in [0.29, 0.717) is 21.2 Å². The number of amides is 1. The maximum atomic E-state index is 13.5. The number of aldehydes is 1. The predicted molar refractivity (Wildman–Crippen MR) is 128 cm³/mol. The van der Waals surface area contributed by atoms with E-state index in [-0.39, 0.29) is 11.4 Å².